The molecule has 0 saturated carbocycles. The zero-order valence-corrected chi connectivity index (χ0v) is 12.9. The Bertz CT molecular complexity index is 568. The summed E-state index contributed by atoms with van der Waals surface area (Å²) in [5.74, 6) is 1.87. The van der Waals surface area contributed by atoms with Gasteiger partial charge in [-0.25, -0.2) is 0 Å². The molecule has 0 unspecified atom stereocenters. The predicted octanol–water partition coefficient (Wildman–Crippen LogP) is 1.30. The van der Waals surface area contributed by atoms with E-state index in [0.29, 0.717) is 0 Å². The van der Waals surface area contributed by atoms with Gasteiger partial charge in [0.1, 0.15) is 0 Å². The van der Waals surface area contributed by atoms with E-state index in [4.69, 9.17) is 4.74 Å². The van der Waals surface area contributed by atoms with Gasteiger partial charge in [0.05, 0.1) is 13.2 Å². The van der Waals surface area contributed by atoms with Crippen molar-refractivity contribution in [2.24, 2.45) is 7.05 Å². The predicted molar refractivity (Wildman–Crippen MR) is 82.2 cm³/mol. The highest BCUT2D eigenvalue weighted by atomic mass is 32.2. The Morgan fingerprint density at radius 1 is 1.29 bits per heavy atom. The molecule has 0 N–H and O–H groups in total. The average Bonchev–Trinajstić information content (AvgIpc) is 2.90. The van der Waals surface area contributed by atoms with Crippen LogP contribution >= 0.6 is 11.8 Å². The minimum atomic E-state index is 0.847. The second-order valence-electron chi connectivity index (χ2n) is 4.91. The first kappa shape index (κ1) is 14.5. The molecule has 1 aliphatic rings. The summed E-state index contributed by atoms with van der Waals surface area (Å²) in [6, 6.07) is 3.91. The van der Waals surface area contributed by atoms with Crippen LogP contribution in [0, 0.1) is 0 Å². The van der Waals surface area contributed by atoms with Crippen molar-refractivity contribution >= 4 is 11.8 Å². The van der Waals surface area contributed by atoms with Crippen LogP contribution in [0.2, 0.25) is 0 Å². The Morgan fingerprint density at radius 3 is 2.90 bits per heavy atom. The van der Waals surface area contributed by atoms with E-state index in [1.165, 1.54) is 0 Å². The number of aromatic nitrogens is 4. The van der Waals surface area contributed by atoms with Crippen molar-refractivity contribution in [2.75, 3.05) is 38.6 Å². The number of thioether (sulfide) groups is 1. The van der Waals surface area contributed by atoms with Crippen LogP contribution in [0.15, 0.2) is 29.7 Å². The summed E-state index contributed by atoms with van der Waals surface area (Å²) in [5.41, 5.74) is 0.993. The summed E-state index contributed by atoms with van der Waals surface area (Å²) >= 11 is 1.74. The quantitative estimate of drug-likeness (QED) is 0.776. The molecular formula is C14H19N5OS. The van der Waals surface area contributed by atoms with E-state index in [-0.39, 0.29) is 0 Å². The molecule has 112 valence electrons. The molecule has 0 radical (unpaired) electrons. The summed E-state index contributed by atoms with van der Waals surface area (Å²) in [4.78, 5) is 6.55. The fourth-order valence-electron chi connectivity index (χ4n) is 2.28. The third-order valence-electron chi connectivity index (χ3n) is 3.50. The van der Waals surface area contributed by atoms with E-state index >= 15 is 0 Å². The summed E-state index contributed by atoms with van der Waals surface area (Å²) in [5, 5.41) is 9.50. The molecule has 0 amide bonds. The number of nitrogens with zero attached hydrogens (tertiary/aromatic N) is 5. The van der Waals surface area contributed by atoms with E-state index in [1.54, 1.807) is 18.0 Å². The summed E-state index contributed by atoms with van der Waals surface area (Å²) in [6.45, 7) is 4.81. The van der Waals surface area contributed by atoms with E-state index < -0.39 is 0 Å². The Hall–Kier alpha value is -1.44. The third-order valence-corrected chi connectivity index (χ3v) is 4.50. The van der Waals surface area contributed by atoms with Gasteiger partial charge in [0.25, 0.3) is 0 Å². The monoisotopic (exact) mass is 305 g/mol. The van der Waals surface area contributed by atoms with Crippen LogP contribution in [-0.2, 0) is 11.8 Å². The summed E-state index contributed by atoms with van der Waals surface area (Å²) < 4.78 is 7.38. The minimum Gasteiger partial charge on any atom is -0.379 e. The molecule has 1 saturated heterocycles. The first-order valence-electron chi connectivity index (χ1n) is 7.07. The molecule has 2 aromatic rings. The Kier molecular flexibility index (Phi) is 4.84. The van der Waals surface area contributed by atoms with Crippen LogP contribution in [0.4, 0.5) is 0 Å². The van der Waals surface area contributed by atoms with Crippen LogP contribution in [-0.4, -0.2) is 63.2 Å². The first-order chi connectivity index (χ1) is 10.3. The van der Waals surface area contributed by atoms with Crippen molar-refractivity contribution in [2.45, 2.75) is 5.16 Å². The van der Waals surface area contributed by atoms with Gasteiger partial charge < -0.3 is 9.30 Å². The lowest BCUT2D eigenvalue weighted by Crippen LogP contribution is -2.37. The van der Waals surface area contributed by atoms with E-state index in [9.17, 15) is 0 Å². The SMILES string of the molecule is Cn1c(SCCN2CCOCC2)nnc1-c1cccnc1. The van der Waals surface area contributed by atoms with Crippen LogP contribution in [0.1, 0.15) is 0 Å². The molecule has 0 spiro atoms. The molecule has 6 nitrogen and oxygen atoms in total. The van der Waals surface area contributed by atoms with Crippen LogP contribution in [0.25, 0.3) is 11.4 Å². The van der Waals surface area contributed by atoms with Crippen LogP contribution < -0.4 is 0 Å². The van der Waals surface area contributed by atoms with Crippen molar-refractivity contribution in [1.29, 1.82) is 0 Å². The number of ether oxygens (including phenoxy) is 1. The van der Waals surface area contributed by atoms with Crippen LogP contribution in [0.3, 0.4) is 0 Å². The first-order valence-corrected chi connectivity index (χ1v) is 8.06. The van der Waals surface area contributed by atoms with Gasteiger partial charge in [-0.15, -0.1) is 10.2 Å². The molecule has 1 fully saturated rings. The molecule has 7 heteroatoms. The zero-order chi connectivity index (χ0) is 14.5. The summed E-state index contributed by atoms with van der Waals surface area (Å²) in [7, 11) is 2.00. The van der Waals surface area contributed by atoms with Crippen molar-refractivity contribution in [3.05, 3.63) is 24.5 Å². The maximum absolute atomic E-state index is 5.35. The molecule has 2 aromatic heterocycles. The topological polar surface area (TPSA) is 56.1 Å². The standard InChI is InChI=1S/C14H19N5OS/c1-18-13(12-3-2-4-15-11-12)16-17-14(18)21-10-7-19-5-8-20-9-6-19/h2-4,11H,5-10H2,1H3. The zero-order valence-electron chi connectivity index (χ0n) is 12.1. The van der Waals surface area contributed by atoms with Gasteiger partial charge in [0.15, 0.2) is 11.0 Å². The van der Waals surface area contributed by atoms with Crippen molar-refractivity contribution < 1.29 is 4.74 Å². The van der Waals surface area contributed by atoms with Gasteiger partial charge in [0, 0.05) is 50.4 Å². The molecule has 0 aromatic carbocycles. The highest BCUT2D eigenvalue weighted by Gasteiger charge is 2.13. The second kappa shape index (κ2) is 7.02. The maximum Gasteiger partial charge on any atom is 0.191 e. The summed E-state index contributed by atoms with van der Waals surface area (Å²) in [6.07, 6.45) is 3.57. The second-order valence-corrected chi connectivity index (χ2v) is 5.97. The number of hydrogen-bond acceptors (Lipinski definition) is 6. The maximum atomic E-state index is 5.35. The minimum absolute atomic E-state index is 0.847. The Labute approximate surface area is 128 Å². The molecule has 3 rings (SSSR count). The molecular weight excluding hydrogens is 286 g/mol. The van der Waals surface area contributed by atoms with Gasteiger partial charge in [-0.2, -0.15) is 0 Å². The molecule has 3 heterocycles. The van der Waals surface area contributed by atoms with Gasteiger partial charge in [0.2, 0.25) is 0 Å². The average molecular weight is 305 g/mol. The fourth-order valence-corrected chi connectivity index (χ4v) is 3.19. The number of rotatable bonds is 5. The Morgan fingerprint density at radius 2 is 2.14 bits per heavy atom. The molecule has 0 bridgehead atoms. The lowest BCUT2D eigenvalue weighted by Gasteiger charge is -2.26. The lowest BCUT2D eigenvalue weighted by atomic mass is 10.3. The normalized spacial score (nSPS) is 16.2. The number of hydrogen-bond donors (Lipinski definition) is 0. The van der Waals surface area contributed by atoms with Gasteiger partial charge in [-0.1, -0.05) is 11.8 Å². The van der Waals surface area contributed by atoms with Crippen molar-refractivity contribution in [3.63, 3.8) is 0 Å². The smallest absolute Gasteiger partial charge is 0.191 e. The Balaban J connectivity index is 1.58. The lowest BCUT2D eigenvalue weighted by molar-refractivity contribution is 0.0410. The van der Waals surface area contributed by atoms with E-state index in [2.05, 4.69) is 20.1 Å². The molecule has 0 atom stereocenters. The largest absolute Gasteiger partial charge is 0.379 e. The number of pyridine rings is 1. The highest BCUT2D eigenvalue weighted by Crippen LogP contribution is 2.21. The van der Waals surface area contributed by atoms with Gasteiger partial charge in [-0.05, 0) is 12.1 Å². The van der Waals surface area contributed by atoms with Crippen LogP contribution in [0.5, 0.6) is 0 Å². The molecule has 1 aliphatic heterocycles. The highest BCUT2D eigenvalue weighted by molar-refractivity contribution is 7.99. The van der Waals surface area contributed by atoms with Crippen molar-refractivity contribution in [3.8, 4) is 11.4 Å². The molecule has 21 heavy (non-hydrogen) atoms. The number of morpholine rings is 1. The van der Waals surface area contributed by atoms with E-state index in [0.717, 1.165) is 55.1 Å². The van der Waals surface area contributed by atoms with Gasteiger partial charge >= 0.3 is 0 Å². The van der Waals surface area contributed by atoms with Gasteiger partial charge in [-0.3, -0.25) is 9.88 Å². The van der Waals surface area contributed by atoms with E-state index in [1.807, 2.05) is 29.9 Å². The fraction of sp³-hybridized carbons (Fsp3) is 0.500. The molecule has 0 aliphatic carbocycles. The van der Waals surface area contributed by atoms with Crippen molar-refractivity contribution in [1.82, 2.24) is 24.6 Å². The third kappa shape index (κ3) is 3.61.